The van der Waals surface area contributed by atoms with Gasteiger partial charge in [-0.05, 0) is 31.2 Å². The summed E-state index contributed by atoms with van der Waals surface area (Å²) in [7, 11) is 0. The van der Waals surface area contributed by atoms with Gasteiger partial charge in [-0.15, -0.1) is 11.3 Å². The lowest BCUT2D eigenvalue weighted by atomic mass is 10.2. The number of thiazole rings is 1. The van der Waals surface area contributed by atoms with Crippen molar-refractivity contribution < 1.29 is 9.18 Å². The van der Waals surface area contributed by atoms with Crippen molar-refractivity contribution in [2.45, 2.75) is 26.9 Å². The molecule has 0 N–H and O–H groups in total. The molecular formula is C24H26ClFN4OS. The van der Waals surface area contributed by atoms with Gasteiger partial charge in [0.25, 0.3) is 0 Å². The van der Waals surface area contributed by atoms with E-state index in [4.69, 9.17) is 16.6 Å². The number of piperazine rings is 1. The van der Waals surface area contributed by atoms with Crippen molar-refractivity contribution in [1.29, 1.82) is 0 Å². The van der Waals surface area contributed by atoms with Gasteiger partial charge >= 0.3 is 0 Å². The molecule has 32 heavy (non-hydrogen) atoms. The number of halogens is 2. The molecule has 1 amide bonds. The third-order valence-corrected chi connectivity index (χ3v) is 6.86. The molecule has 2 heterocycles. The summed E-state index contributed by atoms with van der Waals surface area (Å²) in [6.07, 6.45) is 0. The van der Waals surface area contributed by atoms with Crippen molar-refractivity contribution in [3.63, 3.8) is 0 Å². The summed E-state index contributed by atoms with van der Waals surface area (Å²) in [4.78, 5) is 23.3. The summed E-state index contributed by atoms with van der Waals surface area (Å²) in [6, 6.07) is 12.7. The van der Waals surface area contributed by atoms with E-state index < -0.39 is 0 Å². The van der Waals surface area contributed by atoms with Crippen LogP contribution in [0.3, 0.4) is 0 Å². The van der Waals surface area contributed by atoms with Crippen molar-refractivity contribution in [3.8, 4) is 0 Å². The fraction of sp³-hybridized carbons (Fsp3) is 0.333. The molecular weight excluding hydrogens is 447 g/mol. The van der Waals surface area contributed by atoms with Gasteiger partial charge in [0, 0.05) is 62.2 Å². The molecule has 5 nitrogen and oxygen atoms in total. The van der Waals surface area contributed by atoms with Crippen LogP contribution in [0, 0.1) is 12.7 Å². The van der Waals surface area contributed by atoms with E-state index in [-0.39, 0.29) is 11.7 Å². The minimum absolute atomic E-state index is 0.0600. The smallest absolute Gasteiger partial charge is 0.230 e. The Kier molecular flexibility index (Phi) is 7.20. The maximum atomic E-state index is 14.1. The Morgan fingerprint density at radius 3 is 2.38 bits per heavy atom. The number of aromatic nitrogens is 1. The molecule has 0 aliphatic carbocycles. The van der Waals surface area contributed by atoms with Crippen LogP contribution in [-0.2, 0) is 17.9 Å². The number of hydrogen-bond donors (Lipinski definition) is 0. The first-order valence-corrected chi connectivity index (χ1v) is 11.9. The number of rotatable bonds is 6. The molecule has 0 unspecified atom stereocenters. The number of anilines is 2. The SMILES string of the molecule is CC(=O)N(c1ccc(C)cc1)c1nc(CN2CCN(Cc3c(F)cccc3Cl)CC2)cs1. The lowest BCUT2D eigenvalue weighted by molar-refractivity contribution is -0.115. The maximum Gasteiger partial charge on any atom is 0.230 e. The predicted molar refractivity (Wildman–Crippen MR) is 128 cm³/mol. The van der Waals surface area contributed by atoms with Gasteiger partial charge in [0.2, 0.25) is 5.91 Å². The van der Waals surface area contributed by atoms with E-state index in [2.05, 4.69) is 9.80 Å². The summed E-state index contributed by atoms with van der Waals surface area (Å²) in [5.74, 6) is -0.311. The first-order valence-electron chi connectivity index (χ1n) is 10.6. The summed E-state index contributed by atoms with van der Waals surface area (Å²) >= 11 is 7.65. The van der Waals surface area contributed by atoms with E-state index in [1.54, 1.807) is 24.0 Å². The van der Waals surface area contributed by atoms with Gasteiger partial charge in [-0.3, -0.25) is 19.5 Å². The predicted octanol–water partition coefficient (Wildman–Crippen LogP) is 5.25. The fourth-order valence-electron chi connectivity index (χ4n) is 3.83. The van der Waals surface area contributed by atoms with Crippen LogP contribution in [0.15, 0.2) is 47.8 Å². The molecule has 4 rings (SSSR count). The Bertz CT molecular complexity index is 1060. The summed E-state index contributed by atoms with van der Waals surface area (Å²) in [5.41, 5.74) is 3.49. The highest BCUT2D eigenvalue weighted by atomic mass is 35.5. The van der Waals surface area contributed by atoms with E-state index in [0.29, 0.717) is 22.3 Å². The molecule has 0 saturated carbocycles. The highest BCUT2D eigenvalue weighted by Gasteiger charge is 2.22. The topological polar surface area (TPSA) is 39.7 Å². The van der Waals surface area contributed by atoms with Crippen molar-refractivity contribution in [1.82, 2.24) is 14.8 Å². The number of nitrogens with zero attached hydrogens (tertiary/aromatic N) is 4. The van der Waals surface area contributed by atoms with Gasteiger partial charge in [-0.1, -0.05) is 35.4 Å². The fourth-order valence-corrected chi connectivity index (χ4v) is 4.93. The average Bonchev–Trinajstić information content (AvgIpc) is 3.21. The number of carbonyl (C=O) groups excluding carboxylic acids is 1. The minimum atomic E-state index is -0.251. The number of aryl methyl sites for hydroxylation is 1. The van der Waals surface area contributed by atoms with Gasteiger partial charge in [0.1, 0.15) is 5.82 Å². The number of hydrogen-bond acceptors (Lipinski definition) is 5. The molecule has 0 atom stereocenters. The van der Waals surface area contributed by atoms with Gasteiger partial charge in [-0.2, -0.15) is 0 Å². The third kappa shape index (κ3) is 5.35. The van der Waals surface area contributed by atoms with E-state index in [1.807, 2.05) is 36.6 Å². The zero-order chi connectivity index (χ0) is 22.7. The molecule has 1 aliphatic rings. The van der Waals surface area contributed by atoms with Gasteiger partial charge in [0.15, 0.2) is 5.13 Å². The molecule has 8 heteroatoms. The van der Waals surface area contributed by atoms with Crippen LogP contribution in [0.1, 0.15) is 23.7 Å². The third-order valence-electron chi connectivity index (χ3n) is 5.63. The number of amides is 1. The Morgan fingerprint density at radius 1 is 1.09 bits per heavy atom. The first-order chi connectivity index (χ1) is 15.4. The van der Waals surface area contributed by atoms with Crippen LogP contribution < -0.4 is 4.90 Å². The Balaban J connectivity index is 1.36. The molecule has 0 spiro atoms. The van der Waals surface area contributed by atoms with Crippen LogP contribution in [0.2, 0.25) is 5.02 Å². The van der Waals surface area contributed by atoms with Gasteiger partial charge < -0.3 is 0 Å². The van der Waals surface area contributed by atoms with E-state index in [0.717, 1.165) is 49.7 Å². The number of benzene rings is 2. The molecule has 1 saturated heterocycles. The van der Waals surface area contributed by atoms with Gasteiger partial charge in [0.05, 0.1) is 11.4 Å². The first kappa shape index (κ1) is 22.9. The van der Waals surface area contributed by atoms with Crippen LogP contribution in [0.5, 0.6) is 0 Å². The van der Waals surface area contributed by atoms with Crippen molar-refractivity contribution >= 4 is 39.7 Å². The zero-order valence-corrected chi connectivity index (χ0v) is 19.8. The monoisotopic (exact) mass is 472 g/mol. The van der Waals surface area contributed by atoms with Crippen LogP contribution in [-0.4, -0.2) is 46.9 Å². The lowest BCUT2D eigenvalue weighted by Crippen LogP contribution is -2.45. The standard InChI is InChI=1S/C24H26ClFN4OS/c1-17-6-8-20(9-7-17)30(18(2)31)24-27-19(16-32-24)14-28-10-12-29(13-11-28)15-21-22(25)4-3-5-23(21)26/h3-9,16H,10-15H2,1-2H3. The Labute approximate surface area is 197 Å². The van der Waals surface area contributed by atoms with Crippen LogP contribution >= 0.6 is 22.9 Å². The molecule has 0 radical (unpaired) electrons. The quantitative estimate of drug-likeness (QED) is 0.491. The molecule has 1 fully saturated rings. The second-order valence-corrected chi connectivity index (χ2v) is 9.31. The second-order valence-electron chi connectivity index (χ2n) is 8.06. The van der Waals surface area contributed by atoms with E-state index >= 15 is 0 Å². The molecule has 2 aromatic carbocycles. The molecule has 0 bridgehead atoms. The summed E-state index contributed by atoms with van der Waals surface area (Å²) in [6.45, 7) is 8.24. The zero-order valence-electron chi connectivity index (χ0n) is 18.2. The highest BCUT2D eigenvalue weighted by Crippen LogP contribution is 2.29. The minimum Gasteiger partial charge on any atom is -0.296 e. The molecule has 1 aliphatic heterocycles. The molecule has 168 valence electrons. The maximum absolute atomic E-state index is 14.1. The van der Waals surface area contributed by atoms with Crippen LogP contribution in [0.4, 0.5) is 15.2 Å². The van der Waals surface area contributed by atoms with E-state index in [1.165, 1.54) is 17.4 Å². The van der Waals surface area contributed by atoms with E-state index in [9.17, 15) is 9.18 Å². The lowest BCUT2D eigenvalue weighted by Gasteiger charge is -2.34. The van der Waals surface area contributed by atoms with Crippen molar-refractivity contribution in [2.75, 3.05) is 31.1 Å². The Morgan fingerprint density at radius 2 is 1.75 bits per heavy atom. The highest BCUT2D eigenvalue weighted by molar-refractivity contribution is 7.14. The number of carbonyl (C=O) groups is 1. The Hall–Kier alpha value is -2.32. The largest absolute Gasteiger partial charge is 0.296 e. The van der Waals surface area contributed by atoms with Crippen LogP contribution in [0.25, 0.3) is 0 Å². The molecule has 3 aromatic rings. The second kappa shape index (κ2) is 10.1. The summed E-state index contributed by atoms with van der Waals surface area (Å²) < 4.78 is 14.1. The molecule has 1 aromatic heterocycles. The van der Waals surface area contributed by atoms with Crippen molar-refractivity contribution in [3.05, 3.63) is 75.5 Å². The average molecular weight is 473 g/mol. The van der Waals surface area contributed by atoms with Crippen molar-refractivity contribution in [2.24, 2.45) is 0 Å². The normalized spacial score (nSPS) is 15.1. The summed E-state index contributed by atoms with van der Waals surface area (Å²) in [5, 5.41) is 3.18. The van der Waals surface area contributed by atoms with Gasteiger partial charge in [-0.25, -0.2) is 9.37 Å².